The van der Waals surface area contributed by atoms with Crippen LogP contribution in [0.2, 0.25) is 32.7 Å². The molecule has 3 rings (SSSR count). The zero-order chi connectivity index (χ0) is 19.9. The van der Waals surface area contributed by atoms with E-state index in [-0.39, 0.29) is 5.97 Å². The number of fused-ring (bicyclic) bond motifs is 2. The minimum Gasteiger partial charge on any atom is -0.497 e. The minimum absolute atomic E-state index is 0.277. The number of rotatable bonds is 4. The molecule has 0 N–H and O–H groups in total. The summed E-state index contributed by atoms with van der Waals surface area (Å²) >= 11 is 0. The molecule has 0 atom stereocenters. The molecule has 1 radical (unpaired) electrons. The van der Waals surface area contributed by atoms with Crippen LogP contribution in [-0.2, 0) is 4.79 Å². The Morgan fingerprint density at radius 3 is 1.85 bits per heavy atom. The van der Waals surface area contributed by atoms with Crippen LogP contribution in [0.4, 0.5) is 0 Å². The standard InChI is InChI=1S/C22H27O3Si2/c1-14(23)25-19-10-15-8-16-11-20(24-2)22(27(5,6)7)13-18(16)9-17(15)12-21(19)26(3)4/h8-13H,1-7H3. The first kappa shape index (κ1) is 19.6. The van der Waals surface area contributed by atoms with Gasteiger partial charge in [0.15, 0.2) is 0 Å². The van der Waals surface area contributed by atoms with Gasteiger partial charge in [0.1, 0.15) is 11.5 Å². The molecule has 0 saturated heterocycles. The molecule has 0 aliphatic carbocycles. The number of benzene rings is 3. The summed E-state index contributed by atoms with van der Waals surface area (Å²) < 4.78 is 11.2. The first-order chi connectivity index (χ1) is 12.6. The second-order valence-electron chi connectivity index (χ2n) is 8.29. The van der Waals surface area contributed by atoms with Gasteiger partial charge in [-0.2, -0.15) is 0 Å². The van der Waals surface area contributed by atoms with Crippen LogP contribution in [0.1, 0.15) is 6.92 Å². The van der Waals surface area contributed by atoms with Gasteiger partial charge in [0.25, 0.3) is 0 Å². The molecule has 0 bridgehead atoms. The highest BCUT2D eigenvalue weighted by Crippen LogP contribution is 2.29. The number of ether oxygens (including phenoxy) is 2. The molecule has 0 unspecified atom stereocenters. The zero-order valence-electron chi connectivity index (χ0n) is 17.2. The monoisotopic (exact) mass is 395 g/mol. The van der Waals surface area contributed by atoms with Crippen molar-refractivity contribution in [1.82, 2.24) is 0 Å². The second kappa shape index (κ2) is 7.13. The Morgan fingerprint density at radius 1 is 0.852 bits per heavy atom. The van der Waals surface area contributed by atoms with Crippen LogP contribution in [-0.4, -0.2) is 29.9 Å². The lowest BCUT2D eigenvalue weighted by molar-refractivity contribution is -0.131. The largest absolute Gasteiger partial charge is 0.497 e. The molecule has 3 aromatic carbocycles. The Balaban J connectivity index is 2.30. The Bertz CT molecular complexity index is 1030. The fraction of sp³-hybridized carbons (Fsp3) is 0.318. The van der Waals surface area contributed by atoms with Gasteiger partial charge in [0.2, 0.25) is 0 Å². The molecule has 3 nitrogen and oxygen atoms in total. The second-order valence-corrected chi connectivity index (χ2v) is 15.9. The predicted octanol–water partition coefficient (Wildman–Crippen LogP) is 4.43. The highest BCUT2D eigenvalue weighted by atomic mass is 28.3. The molecule has 0 fully saturated rings. The van der Waals surface area contributed by atoms with Crippen molar-refractivity contribution in [2.24, 2.45) is 0 Å². The molecular weight excluding hydrogens is 368 g/mol. The van der Waals surface area contributed by atoms with Crippen molar-refractivity contribution in [2.75, 3.05) is 7.11 Å². The number of hydrogen-bond acceptors (Lipinski definition) is 3. The van der Waals surface area contributed by atoms with Crippen LogP contribution < -0.4 is 19.8 Å². The van der Waals surface area contributed by atoms with Gasteiger partial charge in [0, 0.05) is 6.92 Å². The molecule has 0 aliphatic heterocycles. The van der Waals surface area contributed by atoms with E-state index in [1.165, 1.54) is 22.9 Å². The topological polar surface area (TPSA) is 35.5 Å². The fourth-order valence-electron chi connectivity index (χ4n) is 3.44. The lowest BCUT2D eigenvalue weighted by Gasteiger charge is -2.21. The van der Waals surface area contributed by atoms with Crippen LogP contribution in [0.5, 0.6) is 11.5 Å². The predicted molar refractivity (Wildman–Crippen MR) is 119 cm³/mol. The van der Waals surface area contributed by atoms with E-state index in [0.717, 1.165) is 21.7 Å². The summed E-state index contributed by atoms with van der Waals surface area (Å²) in [6.07, 6.45) is 0. The van der Waals surface area contributed by atoms with E-state index in [9.17, 15) is 4.79 Å². The molecule has 0 saturated carbocycles. The van der Waals surface area contributed by atoms with Gasteiger partial charge in [-0.25, -0.2) is 0 Å². The van der Waals surface area contributed by atoms with Gasteiger partial charge >= 0.3 is 5.97 Å². The third kappa shape index (κ3) is 3.94. The number of hydrogen-bond donors (Lipinski definition) is 0. The van der Waals surface area contributed by atoms with Gasteiger partial charge in [-0.3, -0.25) is 4.79 Å². The first-order valence-corrected chi connectivity index (χ1v) is 15.2. The van der Waals surface area contributed by atoms with E-state index >= 15 is 0 Å². The third-order valence-corrected chi connectivity index (χ3v) is 8.29. The Hall–Kier alpha value is -2.12. The fourth-order valence-corrected chi connectivity index (χ4v) is 6.01. The van der Waals surface area contributed by atoms with Crippen LogP contribution in [0.25, 0.3) is 21.5 Å². The smallest absolute Gasteiger partial charge is 0.308 e. The molecule has 0 aliphatic rings. The van der Waals surface area contributed by atoms with E-state index in [1.807, 2.05) is 6.07 Å². The van der Waals surface area contributed by atoms with Crippen LogP contribution >= 0.6 is 0 Å². The summed E-state index contributed by atoms with van der Waals surface area (Å²) in [5.74, 6) is 1.38. The lowest BCUT2D eigenvalue weighted by atomic mass is 10.0. The number of carbonyl (C=O) groups is 1. The SMILES string of the molecule is COc1cc2cc3cc(OC(C)=O)c([Si](C)C)cc3cc2cc1[Si](C)(C)C. The summed E-state index contributed by atoms with van der Waals surface area (Å²) in [6.45, 7) is 12.9. The van der Waals surface area contributed by atoms with Gasteiger partial charge in [-0.15, -0.1) is 0 Å². The Kier molecular flexibility index (Phi) is 5.19. The van der Waals surface area contributed by atoms with Crippen LogP contribution in [0.15, 0.2) is 36.4 Å². The third-order valence-electron chi connectivity index (χ3n) is 4.81. The molecular formula is C22H27O3Si2. The van der Waals surface area contributed by atoms with E-state index in [2.05, 4.69) is 63.1 Å². The van der Waals surface area contributed by atoms with Crippen LogP contribution in [0, 0.1) is 0 Å². The van der Waals surface area contributed by atoms with E-state index in [0.29, 0.717) is 5.75 Å². The first-order valence-electron chi connectivity index (χ1n) is 9.19. The van der Waals surface area contributed by atoms with Gasteiger partial charge < -0.3 is 9.47 Å². The molecule has 0 heterocycles. The number of carbonyl (C=O) groups excluding carboxylic acids is 1. The number of esters is 1. The maximum Gasteiger partial charge on any atom is 0.308 e. The van der Waals surface area contributed by atoms with E-state index < -0.39 is 16.9 Å². The van der Waals surface area contributed by atoms with E-state index in [1.54, 1.807) is 7.11 Å². The van der Waals surface area contributed by atoms with Gasteiger partial charge in [-0.05, 0) is 56.2 Å². The molecule has 0 aromatic heterocycles. The summed E-state index contributed by atoms with van der Waals surface area (Å²) in [7, 11) is -0.540. The quantitative estimate of drug-likeness (QED) is 0.284. The molecule has 27 heavy (non-hydrogen) atoms. The zero-order valence-corrected chi connectivity index (χ0v) is 19.2. The molecule has 5 heteroatoms. The maximum absolute atomic E-state index is 11.5. The molecule has 0 spiro atoms. The minimum atomic E-state index is -1.52. The summed E-state index contributed by atoms with van der Waals surface area (Å²) in [6, 6.07) is 13.0. The van der Waals surface area contributed by atoms with Gasteiger partial charge in [0.05, 0.1) is 24.0 Å². The van der Waals surface area contributed by atoms with Crippen molar-refractivity contribution in [1.29, 1.82) is 0 Å². The highest BCUT2D eigenvalue weighted by Gasteiger charge is 2.22. The average molecular weight is 396 g/mol. The average Bonchev–Trinajstić information content (AvgIpc) is 2.56. The molecule has 3 aromatic rings. The summed E-state index contributed by atoms with van der Waals surface area (Å²) in [4.78, 5) is 11.5. The Labute approximate surface area is 163 Å². The molecule has 141 valence electrons. The van der Waals surface area contributed by atoms with Gasteiger partial charge in [-0.1, -0.05) is 44.9 Å². The van der Waals surface area contributed by atoms with Crippen LogP contribution in [0.3, 0.4) is 0 Å². The summed E-state index contributed by atoms with van der Waals surface area (Å²) in [5, 5.41) is 7.12. The van der Waals surface area contributed by atoms with E-state index in [4.69, 9.17) is 9.47 Å². The normalized spacial score (nSPS) is 12.0. The lowest BCUT2D eigenvalue weighted by Crippen LogP contribution is -2.38. The van der Waals surface area contributed by atoms with Crippen molar-refractivity contribution < 1.29 is 14.3 Å². The summed E-state index contributed by atoms with van der Waals surface area (Å²) in [5.41, 5.74) is 0. The van der Waals surface area contributed by atoms with Crippen molar-refractivity contribution >= 4 is 54.8 Å². The molecule has 0 amide bonds. The van der Waals surface area contributed by atoms with Crippen molar-refractivity contribution in [3.8, 4) is 11.5 Å². The van der Waals surface area contributed by atoms with Crippen molar-refractivity contribution in [3.05, 3.63) is 36.4 Å². The van der Waals surface area contributed by atoms with Crippen molar-refractivity contribution in [2.45, 2.75) is 39.7 Å². The number of methoxy groups -OCH3 is 1. The maximum atomic E-state index is 11.5. The van der Waals surface area contributed by atoms with Crippen molar-refractivity contribution in [3.63, 3.8) is 0 Å². The Morgan fingerprint density at radius 2 is 1.37 bits per heavy atom. The highest BCUT2D eigenvalue weighted by molar-refractivity contribution is 6.89.